The normalized spacial score (nSPS) is 25.2. The molecule has 1 aliphatic heterocycles. The molecule has 0 spiro atoms. The highest BCUT2D eigenvalue weighted by Gasteiger charge is 2.39. The maximum atomic E-state index is 8.29. The van der Waals surface area contributed by atoms with Gasteiger partial charge in [0.2, 0.25) is 0 Å². The summed E-state index contributed by atoms with van der Waals surface area (Å²) in [5.74, 6) is 0. The fourth-order valence-corrected chi connectivity index (χ4v) is 3.24. The minimum Gasteiger partial charge on any atom is -0.296 e. The lowest BCUT2D eigenvalue weighted by Crippen LogP contribution is -2.37. The zero-order chi connectivity index (χ0) is 16.9. The van der Waals surface area contributed by atoms with Gasteiger partial charge in [0.25, 0.3) is 0 Å². The topological polar surface area (TPSA) is 6.25 Å². The van der Waals surface area contributed by atoms with Gasteiger partial charge < -0.3 is 0 Å². The summed E-state index contributed by atoms with van der Waals surface area (Å²) in [6.45, 7) is 7.34. The van der Waals surface area contributed by atoms with Crippen molar-refractivity contribution in [1.82, 2.24) is 9.80 Å². The average molecular weight is 309 g/mol. The summed E-state index contributed by atoms with van der Waals surface area (Å²) >= 11 is 0. The van der Waals surface area contributed by atoms with Crippen LogP contribution < -0.4 is 0 Å². The van der Waals surface area contributed by atoms with E-state index in [9.17, 15) is 0 Å². The predicted octanol–water partition coefficient (Wildman–Crippen LogP) is 4.17. The molecule has 0 bridgehead atoms. The number of hydrogen-bond donors (Lipinski definition) is 0. The SMILES string of the molecule is [2H][C@H]1[C@@H]([C@@H](C)N(Cc2ccccc2)Cc2ccccc2)N1CCC. The van der Waals surface area contributed by atoms with Crippen LogP contribution in [0.4, 0.5) is 0 Å². The summed E-state index contributed by atoms with van der Waals surface area (Å²) in [4.78, 5) is 4.83. The van der Waals surface area contributed by atoms with E-state index in [0.717, 1.165) is 26.1 Å². The van der Waals surface area contributed by atoms with Gasteiger partial charge in [0.05, 0.1) is 0 Å². The van der Waals surface area contributed by atoms with Crippen LogP contribution in [0.5, 0.6) is 0 Å². The van der Waals surface area contributed by atoms with Gasteiger partial charge in [0, 0.05) is 33.1 Å². The Morgan fingerprint density at radius 3 is 2.04 bits per heavy atom. The maximum absolute atomic E-state index is 8.29. The lowest BCUT2D eigenvalue weighted by Gasteiger charge is -2.29. The molecule has 1 fully saturated rings. The van der Waals surface area contributed by atoms with Crippen LogP contribution in [0, 0.1) is 0 Å². The molecule has 1 saturated heterocycles. The van der Waals surface area contributed by atoms with E-state index in [0.29, 0.717) is 12.1 Å². The quantitative estimate of drug-likeness (QED) is 0.675. The van der Waals surface area contributed by atoms with Crippen molar-refractivity contribution in [2.45, 2.75) is 45.4 Å². The summed E-state index contributed by atoms with van der Waals surface area (Å²) in [7, 11) is 0. The highest BCUT2D eigenvalue weighted by molar-refractivity contribution is 5.18. The van der Waals surface area contributed by atoms with Crippen LogP contribution in [0.3, 0.4) is 0 Å². The zero-order valence-electron chi connectivity index (χ0n) is 15.2. The van der Waals surface area contributed by atoms with Gasteiger partial charge >= 0.3 is 0 Å². The van der Waals surface area contributed by atoms with E-state index >= 15 is 0 Å². The molecule has 2 heteroatoms. The van der Waals surface area contributed by atoms with Gasteiger partial charge in [0.15, 0.2) is 0 Å². The molecule has 0 N–H and O–H groups in total. The molecule has 3 rings (SSSR count). The van der Waals surface area contributed by atoms with Gasteiger partial charge in [0.1, 0.15) is 0 Å². The minimum atomic E-state index is -0.0333. The van der Waals surface area contributed by atoms with Crippen LogP contribution >= 0.6 is 0 Å². The van der Waals surface area contributed by atoms with Crippen molar-refractivity contribution in [3.8, 4) is 0 Å². The monoisotopic (exact) mass is 309 g/mol. The van der Waals surface area contributed by atoms with Crippen LogP contribution in [-0.4, -0.2) is 34.9 Å². The van der Waals surface area contributed by atoms with E-state index in [2.05, 4.69) is 84.3 Å². The Morgan fingerprint density at radius 1 is 1.04 bits per heavy atom. The Labute approximate surface area is 142 Å². The molecule has 4 atom stereocenters. The molecule has 0 aliphatic carbocycles. The van der Waals surface area contributed by atoms with Crippen LogP contribution in [-0.2, 0) is 13.1 Å². The molecule has 1 aliphatic rings. The highest BCUT2D eigenvalue weighted by atomic mass is 15.4. The Kier molecular flexibility index (Phi) is 5.03. The Balaban J connectivity index is 1.74. The molecule has 2 aromatic rings. The average Bonchev–Trinajstić information content (AvgIpc) is 3.25. The second-order valence-corrected chi connectivity index (χ2v) is 6.49. The molecule has 23 heavy (non-hydrogen) atoms. The Bertz CT molecular complexity index is 575. The largest absolute Gasteiger partial charge is 0.296 e. The third-order valence-electron chi connectivity index (χ3n) is 4.65. The summed E-state index contributed by atoms with van der Waals surface area (Å²) in [5, 5.41) is 0. The molecule has 0 aromatic heterocycles. The fraction of sp³-hybridized carbons (Fsp3) is 0.429. The van der Waals surface area contributed by atoms with Crippen molar-refractivity contribution in [1.29, 1.82) is 0 Å². The predicted molar refractivity (Wildman–Crippen MR) is 97.2 cm³/mol. The minimum absolute atomic E-state index is 0.0333. The lowest BCUT2D eigenvalue weighted by atomic mass is 10.1. The molecule has 0 amide bonds. The second kappa shape index (κ2) is 7.76. The third-order valence-corrected chi connectivity index (χ3v) is 4.65. The van der Waals surface area contributed by atoms with Crippen molar-refractivity contribution in [2.24, 2.45) is 0 Å². The van der Waals surface area contributed by atoms with Gasteiger partial charge in [-0.25, -0.2) is 0 Å². The van der Waals surface area contributed by atoms with Crippen molar-refractivity contribution in [3.05, 3.63) is 71.8 Å². The van der Waals surface area contributed by atoms with E-state index in [4.69, 9.17) is 1.37 Å². The second-order valence-electron chi connectivity index (χ2n) is 6.49. The third kappa shape index (κ3) is 4.43. The fourth-order valence-electron chi connectivity index (χ4n) is 3.24. The van der Waals surface area contributed by atoms with Gasteiger partial charge in [-0.2, -0.15) is 0 Å². The van der Waals surface area contributed by atoms with Crippen molar-refractivity contribution in [2.75, 3.05) is 13.1 Å². The maximum Gasteiger partial charge on any atom is 0.0448 e. The highest BCUT2D eigenvalue weighted by Crippen LogP contribution is 2.26. The van der Waals surface area contributed by atoms with Gasteiger partial charge in [-0.05, 0) is 31.0 Å². The molecule has 1 unspecified atom stereocenters. The Morgan fingerprint density at radius 2 is 1.57 bits per heavy atom. The van der Waals surface area contributed by atoms with Crippen molar-refractivity contribution in [3.63, 3.8) is 0 Å². The van der Waals surface area contributed by atoms with Crippen LogP contribution in [0.1, 0.15) is 32.8 Å². The number of hydrogen-bond acceptors (Lipinski definition) is 2. The first kappa shape index (κ1) is 14.9. The van der Waals surface area contributed by atoms with Crippen molar-refractivity contribution < 1.29 is 1.37 Å². The van der Waals surface area contributed by atoms with E-state index < -0.39 is 0 Å². The standard InChI is InChI=1S/C21H28N2/c1-3-14-22-17-21(22)18(2)23(15-19-10-6-4-7-11-19)16-20-12-8-5-9-13-20/h4-13,18,21H,3,14-17H2,1-2H3/t18-,21+,22?/m1/s1/i17D/t17-,18+,21-,22?/m0. The first-order valence-electron chi connectivity index (χ1n) is 9.28. The van der Waals surface area contributed by atoms with E-state index in [-0.39, 0.29) is 6.52 Å². The molecular formula is C21H28N2. The molecule has 2 aromatic carbocycles. The van der Waals surface area contributed by atoms with Crippen LogP contribution in [0.15, 0.2) is 60.7 Å². The molecule has 1 heterocycles. The van der Waals surface area contributed by atoms with E-state index in [1.54, 1.807) is 0 Å². The molecule has 2 nitrogen and oxygen atoms in total. The number of rotatable bonds is 8. The van der Waals surface area contributed by atoms with Crippen LogP contribution in [0.2, 0.25) is 0 Å². The molecule has 0 radical (unpaired) electrons. The van der Waals surface area contributed by atoms with Crippen molar-refractivity contribution >= 4 is 0 Å². The van der Waals surface area contributed by atoms with E-state index in [1.165, 1.54) is 11.1 Å². The van der Waals surface area contributed by atoms with Gasteiger partial charge in [-0.3, -0.25) is 9.80 Å². The van der Waals surface area contributed by atoms with Crippen LogP contribution in [0.25, 0.3) is 0 Å². The first-order valence-corrected chi connectivity index (χ1v) is 8.70. The number of nitrogens with zero attached hydrogens (tertiary/aromatic N) is 2. The summed E-state index contributed by atoms with van der Waals surface area (Å²) in [5.41, 5.74) is 2.68. The summed E-state index contributed by atoms with van der Waals surface area (Å²) in [6, 6.07) is 22.1. The summed E-state index contributed by atoms with van der Waals surface area (Å²) < 4.78 is 8.29. The molecule has 122 valence electrons. The zero-order valence-corrected chi connectivity index (χ0v) is 14.2. The number of benzene rings is 2. The first-order chi connectivity index (χ1) is 11.7. The van der Waals surface area contributed by atoms with Gasteiger partial charge in [-0.1, -0.05) is 67.6 Å². The Hall–Kier alpha value is -1.64. The lowest BCUT2D eigenvalue weighted by molar-refractivity contribution is 0.174. The van der Waals surface area contributed by atoms with Gasteiger partial charge in [-0.15, -0.1) is 0 Å². The summed E-state index contributed by atoms with van der Waals surface area (Å²) in [6.07, 6.45) is 1.12. The molecule has 0 saturated carbocycles. The molecular weight excluding hydrogens is 280 g/mol. The van der Waals surface area contributed by atoms with E-state index in [1.807, 2.05) is 0 Å². The smallest absolute Gasteiger partial charge is 0.0448 e.